The third-order valence-corrected chi connectivity index (χ3v) is 3.24. The summed E-state index contributed by atoms with van der Waals surface area (Å²) in [5, 5.41) is 3.20. The molecule has 2 rings (SSSR count). The Hall–Kier alpha value is -1.85. The maximum Gasteiger partial charge on any atom is 0.146 e. The summed E-state index contributed by atoms with van der Waals surface area (Å²) in [5.41, 5.74) is 6.46. The van der Waals surface area contributed by atoms with Crippen molar-refractivity contribution >= 4 is 17.3 Å². The van der Waals surface area contributed by atoms with Crippen LogP contribution in [0.4, 0.5) is 14.5 Å². The molecule has 3 N–H and O–H groups in total. The van der Waals surface area contributed by atoms with Gasteiger partial charge in [0, 0.05) is 17.6 Å². The van der Waals surface area contributed by atoms with Crippen LogP contribution in [0.25, 0.3) is 0 Å². The van der Waals surface area contributed by atoms with Gasteiger partial charge < -0.3 is 15.8 Å². The second kappa shape index (κ2) is 6.74. The van der Waals surface area contributed by atoms with E-state index in [9.17, 15) is 8.78 Å². The van der Waals surface area contributed by atoms with Gasteiger partial charge in [0.15, 0.2) is 0 Å². The Morgan fingerprint density at radius 3 is 2.62 bits per heavy atom. The Kier molecular flexibility index (Phi) is 4.98. The minimum atomic E-state index is -0.472. The van der Waals surface area contributed by atoms with Crippen LogP contribution in [-0.2, 0) is 0 Å². The largest absolute Gasteiger partial charge is 0.497 e. The highest BCUT2D eigenvalue weighted by atomic mass is 35.5. The molecule has 0 radical (unpaired) electrons. The number of halogens is 3. The summed E-state index contributed by atoms with van der Waals surface area (Å²) < 4.78 is 32.3. The average Bonchev–Trinajstić information content (AvgIpc) is 2.45. The first kappa shape index (κ1) is 15.5. The Morgan fingerprint density at radius 2 is 2.00 bits per heavy atom. The Balaban J connectivity index is 2.30. The molecule has 112 valence electrons. The van der Waals surface area contributed by atoms with Gasteiger partial charge in [0.1, 0.15) is 17.4 Å². The molecule has 0 saturated carbocycles. The van der Waals surface area contributed by atoms with Crippen LogP contribution in [0.15, 0.2) is 36.4 Å². The van der Waals surface area contributed by atoms with Crippen molar-refractivity contribution in [1.82, 2.24) is 0 Å². The van der Waals surface area contributed by atoms with Crippen LogP contribution in [-0.4, -0.2) is 13.7 Å². The highest BCUT2D eigenvalue weighted by Crippen LogP contribution is 2.27. The smallest absolute Gasteiger partial charge is 0.146 e. The normalized spacial score (nSPS) is 12.0. The van der Waals surface area contributed by atoms with Gasteiger partial charge in [-0.15, -0.1) is 0 Å². The maximum absolute atomic E-state index is 13.8. The van der Waals surface area contributed by atoms with Crippen molar-refractivity contribution in [3.8, 4) is 5.75 Å². The number of hydrogen-bond donors (Lipinski definition) is 2. The van der Waals surface area contributed by atoms with Crippen molar-refractivity contribution in [1.29, 1.82) is 0 Å². The number of rotatable bonds is 5. The zero-order valence-electron chi connectivity index (χ0n) is 11.4. The minimum absolute atomic E-state index is 0.149. The summed E-state index contributed by atoms with van der Waals surface area (Å²) in [5.74, 6) is -0.410. The first-order valence-electron chi connectivity index (χ1n) is 6.29. The quantitative estimate of drug-likeness (QED) is 0.884. The maximum atomic E-state index is 13.8. The lowest BCUT2D eigenvalue weighted by Gasteiger charge is -2.20. The van der Waals surface area contributed by atoms with Crippen molar-refractivity contribution in [2.45, 2.75) is 6.04 Å². The molecule has 6 heteroatoms. The minimum Gasteiger partial charge on any atom is -0.497 e. The highest BCUT2D eigenvalue weighted by molar-refractivity contribution is 6.30. The lowest BCUT2D eigenvalue weighted by atomic mass is 10.1. The van der Waals surface area contributed by atoms with Crippen molar-refractivity contribution in [3.05, 3.63) is 58.6 Å². The monoisotopic (exact) mass is 312 g/mol. The first-order chi connectivity index (χ1) is 10.0. The summed E-state index contributed by atoms with van der Waals surface area (Å²) in [7, 11) is 1.49. The van der Waals surface area contributed by atoms with Gasteiger partial charge in [-0.2, -0.15) is 0 Å². The number of ether oxygens (including phenoxy) is 1. The van der Waals surface area contributed by atoms with Gasteiger partial charge in [-0.25, -0.2) is 8.78 Å². The molecule has 3 nitrogen and oxygen atoms in total. The summed E-state index contributed by atoms with van der Waals surface area (Å²) in [6, 6.07) is 7.94. The van der Waals surface area contributed by atoms with Crippen molar-refractivity contribution < 1.29 is 13.5 Å². The van der Waals surface area contributed by atoms with Gasteiger partial charge in [0.2, 0.25) is 0 Å². The molecule has 0 fully saturated rings. The molecule has 0 heterocycles. The van der Waals surface area contributed by atoms with Crippen molar-refractivity contribution in [3.63, 3.8) is 0 Å². The average molecular weight is 313 g/mol. The molecular weight excluding hydrogens is 298 g/mol. The fourth-order valence-electron chi connectivity index (χ4n) is 1.98. The third-order valence-electron chi connectivity index (χ3n) is 3.03. The molecule has 21 heavy (non-hydrogen) atoms. The summed E-state index contributed by atoms with van der Waals surface area (Å²) in [6.07, 6.45) is 0. The standard InChI is InChI=1S/C15H15ClF2N2O/c1-21-12-2-3-13(18)14(7-12)20-15(8-19)9-4-10(16)6-11(17)5-9/h2-7,15,20H,8,19H2,1H3. The van der Waals surface area contributed by atoms with Crippen LogP contribution in [0, 0.1) is 11.6 Å². The van der Waals surface area contributed by atoms with Crippen LogP contribution < -0.4 is 15.8 Å². The number of methoxy groups -OCH3 is 1. The fraction of sp³-hybridized carbons (Fsp3) is 0.200. The molecule has 0 aliphatic rings. The molecule has 2 aromatic rings. The third kappa shape index (κ3) is 3.83. The van der Waals surface area contributed by atoms with Gasteiger partial charge >= 0.3 is 0 Å². The van der Waals surface area contributed by atoms with E-state index in [1.807, 2.05) is 0 Å². The highest BCUT2D eigenvalue weighted by Gasteiger charge is 2.14. The van der Waals surface area contributed by atoms with Crippen LogP contribution in [0.5, 0.6) is 5.75 Å². The van der Waals surface area contributed by atoms with E-state index in [4.69, 9.17) is 22.1 Å². The van der Waals surface area contributed by atoms with Crippen LogP contribution in [0.3, 0.4) is 0 Å². The van der Waals surface area contributed by atoms with E-state index in [-0.39, 0.29) is 17.3 Å². The van der Waals surface area contributed by atoms with Gasteiger partial charge in [-0.3, -0.25) is 0 Å². The van der Waals surface area contributed by atoms with E-state index in [2.05, 4.69) is 5.32 Å². The van der Waals surface area contributed by atoms with Crippen LogP contribution in [0.1, 0.15) is 11.6 Å². The zero-order valence-corrected chi connectivity index (χ0v) is 12.1. The molecule has 1 atom stereocenters. The van der Waals surface area contributed by atoms with Crippen molar-refractivity contribution in [2.75, 3.05) is 19.0 Å². The number of anilines is 1. The Labute approximate surface area is 126 Å². The number of nitrogens with two attached hydrogens (primary N) is 1. The second-order valence-electron chi connectivity index (χ2n) is 4.48. The lowest BCUT2D eigenvalue weighted by molar-refractivity contribution is 0.414. The van der Waals surface area contributed by atoms with Gasteiger partial charge in [0.25, 0.3) is 0 Å². The van der Waals surface area contributed by atoms with E-state index in [0.717, 1.165) is 0 Å². The molecule has 0 saturated heterocycles. The van der Waals surface area contributed by atoms with Gasteiger partial charge in [-0.1, -0.05) is 11.6 Å². The predicted octanol–water partition coefficient (Wildman–Crippen LogP) is 3.74. The van der Waals surface area contributed by atoms with E-state index in [1.165, 1.54) is 37.4 Å². The summed E-state index contributed by atoms with van der Waals surface area (Å²) >= 11 is 5.83. The molecule has 1 unspecified atom stereocenters. The fourth-order valence-corrected chi connectivity index (χ4v) is 2.21. The SMILES string of the molecule is COc1ccc(F)c(NC(CN)c2cc(F)cc(Cl)c2)c1. The predicted molar refractivity (Wildman–Crippen MR) is 79.8 cm³/mol. The van der Waals surface area contributed by atoms with E-state index in [0.29, 0.717) is 11.3 Å². The summed E-state index contributed by atoms with van der Waals surface area (Å²) in [6.45, 7) is 0.149. The first-order valence-corrected chi connectivity index (χ1v) is 6.67. The topological polar surface area (TPSA) is 47.3 Å². The molecule has 0 amide bonds. The van der Waals surface area contributed by atoms with E-state index < -0.39 is 17.7 Å². The molecule has 2 aromatic carbocycles. The van der Waals surface area contributed by atoms with Gasteiger partial charge in [-0.05, 0) is 35.9 Å². The second-order valence-corrected chi connectivity index (χ2v) is 4.92. The molecule has 0 spiro atoms. The van der Waals surface area contributed by atoms with Crippen LogP contribution >= 0.6 is 11.6 Å². The molecule has 0 aliphatic heterocycles. The zero-order chi connectivity index (χ0) is 15.4. The number of benzene rings is 2. The number of hydrogen-bond acceptors (Lipinski definition) is 3. The van der Waals surface area contributed by atoms with Crippen molar-refractivity contribution in [2.24, 2.45) is 5.73 Å². The lowest BCUT2D eigenvalue weighted by Crippen LogP contribution is -2.21. The Morgan fingerprint density at radius 1 is 1.24 bits per heavy atom. The van der Waals surface area contributed by atoms with Crippen LogP contribution in [0.2, 0.25) is 5.02 Å². The molecule has 0 aliphatic carbocycles. The number of nitrogens with one attached hydrogen (secondary N) is 1. The molecule has 0 bridgehead atoms. The summed E-state index contributed by atoms with van der Waals surface area (Å²) in [4.78, 5) is 0. The van der Waals surface area contributed by atoms with E-state index in [1.54, 1.807) is 6.07 Å². The Bertz CT molecular complexity index is 617. The van der Waals surface area contributed by atoms with E-state index >= 15 is 0 Å². The molecular formula is C15H15ClF2N2O. The molecule has 0 aromatic heterocycles. The van der Waals surface area contributed by atoms with Gasteiger partial charge in [0.05, 0.1) is 18.8 Å².